The Bertz CT molecular complexity index is 1720. The number of aryl methyl sites for hydroxylation is 3. The lowest BCUT2D eigenvalue weighted by molar-refractivity contribution is -0.136. The van der Waals surface area contributed by atoms with Gasteiger partial charge in [0.25, 0.3) is 5.56 Å². The van der Waals surface area contributed by atoms with Crippen LogP contribution in [0, 0.1) is 27.7 Å². The quantitative estimate of drug-likeness (QED) is 0.375. The molecule has 36 heavy (non-hydrogen) atoms. The van der Waals surface area contributed by atoms with E-state index in [1.54, 1.807) is 11.5 Å². The van der Waals surface area contributed by atoms with E-state index in [2.05, 4.69) is 61.5 Å². The fraction of sp³-hybridized carbons (Fsp3) is 0.250. The van der Waals surface area contributed by atoms with Gasteiger partial charge in [-0.05, 0) is 87.0 Å². The average molecular weight is 518 g/mol. The third-order valence-corrected chi connectivity index (χ3v) is 8.65. The van der Waals surface area contributed by atoms with Gasteiger partial charge in [-0.3, -0.25) is 9.36 Å². The maximum Gasteiger partial charge on any atom is 0.338 e. The van der Waals surface area contributed by atoms with Crippen LogP contribution in [-0.4, -0.2) is 22.2 Å². The summed E-state index contributed by atoms with van der Waals surface area (Å²) in [6.07, 6.45) is 1.94. The molecule has 0 spiro atoms. The van der Waals surface area contributed by atoms with Gasteiger partial charge in [0.2, 0.25) is 0 Å². The lowest BCUT2D eigenvalue weighted by Gasteiger charge is -2.22. The van der Waals surface area contributed by atoms with Gasteiger partial charge in [-0.25, -0.2) is 9.79 Å². The molecular weight excluding hydrogens is 490 g/mol. The summed E-state index contributed by atoms with van der Waals surface area (Å²) < 4.78 is 9.48. The molecule has 184 valence electrons. The first-order chi connectivity index (χ1) is 17.2. The Hall–Kier alpha value is -3.49. The molecule has 8 heteroatoms. The van der Waals surface area contributed by atoms with E-state index < -0.39 is 12.0 Å². The molecule has 0 N–H and O–H groups in total. The lowest BCUT2D eigenvalue weighted by Crippen LogP contribution is -2.39. The van der Waals surface area contributed by atoms with Crippen molar-refractivity contribution in [1.82, 2.24) is 9.13 Å². The van der Waals surface area contributed by atoms with Crippen LogP contribution in [-0.2, 0) is 9.53 Å². The number of rotatable bonds is 4. The highest BCUT2D eigenvalue weighted by atomic mass is 32.1. The molecule has 0 amide bonds. The van der Waals surface area contributed by atoms with Gasteiger partial charge in [0.05, 0.1) is 22.9 Å². The minimum Gasteiger partial charge on any atom is -0.466 e. The van der Waals surface area contributed by atoms with Gasteiger partial charge in [-0.2, -0.15) is 0 Å². The molecule has 4 heterocycles. The topological polar surface area (TPSA) is 65.6 Å². The highest BCUT2D eigenvalue weighted by molar-refractivity contribution is 7.10. The van der Waals surface area contributed by atoms with Crippen molar-refractivity contribution in [2.45, 2.75) is 40.7 Å². The van der Waals surface area contributed by atoms with E-state index in [9.17, 15) is 9.59 Å². The number of esters is 1. The Labute approximate surface area is 217 Å². The third-order valence-electron chi connectivity index (χ3n) is 6.75. The molecule has 1 aliphatic heterocycles. The van der Waals surface area contributed by atoms with Crippen molar-refractivity contribution in [3.63, 3.8) is 0 Å². The number of hydrogen-bond donors (Lipinski definition) is 0. The molecule has 0 fully saturated rings. The second kappa shape index (κ2) is 9.19. The fourth-order valence-corrected chi connectivity index (χ4v) is 6.61. The number of ether oxygens (including phenoxy) is 1. The Balaban J connectivity index is 1.68. The number of carbonyl (C=O) groups excluding carboxylic acids is 1. The maximum absolute atomic E-state index is 13.7. The van der Waals surface area contributed by atoms with Crippen LogP contribution < -0.4 is 14.9 Å². The number of thiophene rings is 1. The summed E-state index contributed by atoms with van der Waals surface area (Å²) in [5.41, 5.74) is 7.52. The second-order valence-electron chi connectivity index (χ2n) is 9.02. The highest BCUT2D eigenvalue weighted by Crippen LogP contribution is 2.33. The number of hydrogen-bond acceptors (Lipinski definition) is 6. The first-order valence-electron chi connectivity index (χ1n) is 11.6. The van der Waals surface area contributed by atoms with E-state index in [0.29, 0.717) is 20.6 Å². The van der Waals surface area contributed by atoms with Gasteiger partial charge in [0, 0.05) is 22.0 Å². The van der Waals surface area contributed by atoms with Crippen molar-refractivity contribution >= 4 is 34.7 Å². The van der Waals surface area contributed by atoms with Gasteiger partial charge < -0.3 is 9.30 Å². The zero-order chi connectivity index (χ0) is 25.7. The first-order valence-corrected chi connectivity index (χ1v) is 13.3. The largest absolute Gasteiger partial charge is 0.466 e. The van der Waals surface area contributed by atoms with Crippen LogP contribution in [0.3, 0.4) is 0 Å². The molecule has 1 unspecified atom stereocenters. The van der Waals surface area contributed by atoms with E-state index >= 15 is 0 Å². The van der Waals surface area contributed by atoms with E-state index in [1.165, 1.54) is 40.9 Å². The van der Waals surface area contributed by atoms with Gasteiger partial charge in [0.1, 0.15) is 6.04 Å². The molecule has 6 nitrogen and oxygen atoms in total. The molecule has 0 aliphatic carbocycles. The molecule has 1 aliphatic rings. The summed E-state index contributed by atoms with van der Waals surface area (Å²) in [7, 11) is 1.35. The Morgan fingerprint density at radius 1 is 1.08 bits per heavy atom. The maximum atomic E-state index is 13.7. The number of methoxy groups -OCH3 is 1. The molecule has 0 radical (unpaired) electrons. The summed E-state index contributed by atoms with van der Waals surface area (Å²) in [4.78, 5) is 32.6. The Morgan fingerprint density at radius 3 is 2.53 bits per heavy atom. The zero-order valence-electron chi connectivity index (χ0n) is 21.1. The SMILES string of the molecule is COC(=O)C1=C(C)N=c2sc(=Cc3cc(C)n(-c4ccc(C)c(C)c4)c3C)c(=O)n2C1c1cccs1. The summed E-state index contributed by atoms with van der Waals surface area (Å²) in [6, 6.07) is 11.8. The van der Waals surface area contributed by atoms with Crippen molar-refractivity contribution < 1.29 is 9.53 Å². The molecule has 0 saturated heterocycles. The number of benzene rings is 1. The van der Waals surface area contributed by atoms with Crippen LogP contribution >= 0.6 is 22.7 Å². The Kier molecular flexibility index (Phi) is 6.18. The van der Waals surface area contributed by atoms with E-state index in [1.807, 2.05) is 23.6 Å². The molecule has 3 aromatic heterocycles. The summed E-state index contributed by atoms with van der Waals surface area (Å²) in [6.45, 7) is 10.2. The minimum atomic E-state index is -0.557. The van der Waals surface area contributed by atoms with E-state index in [4.69, 9.17) is 4.74 Å². The van der Waals surface area contributed by atoms with Crippen LogP contribution in [0.1, 0.15) is 45.9 Å². The molecule has 4 aromatic rings. The van der Waals surface area contributed by atoms with Crippen molar-refractivity contribution in [3.05, 3.63) is 106 Å². The fourth-order valence-electron chi connectivity index (χ4n) is 4.75. The monoisotopic (exact) mass is 517 g/mol. The normalized spacial score (nSPS) is 15.7. The molecule has 5 rings (SSSR count). The number of nitrogens with zero attached hydrogens (tertiary/aromatic N) is 3. The standard InChI is InChI=1S/C28H27N3O3S2/c1-15-9-10-21(12-16(15)2)30-17(3)13-20(19(30)5)14-23-26(32)31-25(22-8-7-11-35-22)24(27(33)34-6)18(4)29-28(31)36-23/h7-14,25H,1-6H3. The van der Waals surface area contributed by atoms with Crippen LogP contribution in [0.2, 0.25) is 0 Å². The number of carbonyl (C=O) groups is 1. The van der Waals surface area contributed by atoms with Gasteiger partial charge in [-0.1, -0.05) is 23.5 Å². The summed E-state index contributed by atoms with van der Waals surface area (Å²) >= 11 is 2.85. The third kappa shape index (κ3) is 3.90. The molecule has 1 aromatic carbocycles. The van der Waals surface area contributed by atoms with Crippen LogP contribution in [0.4, 0.5) is 0 Å². The van der Waals surface area contributed by atoms with Crippen molar-refractivity contribution in [2.24, 2.45) is 4.99 Å². The average Bonchev–Trinajstić information content (AvgIpc) is 3.54. The number of allylic oxidation sites excluding steroid dienone is 1. The molecule has 0 saturated carbocycles. The van der Waals surface area contributed by atoms with Gasteiger partial charge >= 0.3 is 5.97 Å². The number of aromatic nitrogens is 2. The van der Waals surface area contributed by atoms with Crippen molar-refractivity contribution in [3.8, 4) is 5.69 Å². The van der Waals surface area contributed by atoms with Crippen LogP contribution in [0.25, 0.3) is 11.8 Å². The number of fused-ring (bicyclic) bond motifs is 1. The van der Waals surface area contributed by atoms with E-state index in [-0.39, 0.29) is 5.56 Å². The zero-order valence-corrected chi connectivity index (χ0v) is 22.7. The van der Waals surface area contributed by atoms with Gasteiger partial charge in [0.15, 0.2) is 4.80 Å². The predicted octanol–water partition coefficient (Wildman–Crippen LogP) is 4.49. The molecule has 1 atom stereocenters. The highest BCUT2D eigenvalue weighted by Gasteiger charge is 2.33. The van der Waals surface area contributed by atoms with Crippen molar-refractivity contribution in [2.75, 3.05) is 7.11 Å². The first kappa shape index (κ1) is 24.2. The van der Waals surface area contributed by atoms with E-state index in [0.717, 1.165) is 27.5 Å². The minimum absolute atomic E-state index is 0.165. The predicted molar refractivity (Wildman–Crippen MR) is 145 cm³/mol. The number of thiazole rings is 1. The lowest BCUT2D eigenvalue weighted by atomic mass is 10.0. The summed E-state index contributed by atoms with van der Waals surface area (Å²) in [5.74, 6) is -0.471. The Morgan fingerprint density at radius 2 is 1.86 bits per heavy atom. The van der Waals surface area contributed by atoms with Crippen molar-refractivity contribution in [1.29, 1.82) is 0 Å². The van der Waals surface area contributed by atoms with Gasteiger partial charge in [-0.15, -0.1) is 11.3 Å². The summed E-state index contributed by atoms with van der Waals surface area (Å²) in [5, 5.41) is 1.94. The molecular formula is C28H27N3O3S2. The van der Waals surface area contributed by atoms with Crippen LogP contribution in [0.15, 0.2) is 62.8 Å². The molecule has 0 bridgehead atoms. The smallest absolute Gasteiger partial charge is 0.338 e. The second-order valence-corrected chi connectivity index (χ2v) is 11.0. The van der Waals surface area contributed by atoms with Crippen LogP contribution in [0.5, 0.6) is 0 Å².